The van der Waals surface area contributed by atoms with Gasteiger partial charge < -0.3 is 15.5 Å². The highest BCUT2D eigenvalue weighted by Gasteiger charge is 2.17. The van der Waals surface area contributed by atoms with Crippen LogP contribution in [0, 0.1) is 0 Å². The Morgan fingerprint density at radius 3 is 1.68 bits per heavy atom. The minimum absolute atomic E-state index is 0.0825. The van der Waals surface area contributed by atoms with Gasteiger partial charge >= 0.3 is 0 Å². The zero-order valence-electron chi connectivity index (χ0n) is 25.2. The number of carbonyl (C=O) groups excluding carboxylic acids is 1. The van der Waals surface area contributed by atoms with Crippen molar-refractivity contribution >= 4 is 5.91 Å². The van der Waals surface area contributed by atoms with Crippen molar-refractivity contribution in [3.63, 3.8) is 0 Å². The highest BCUT2D eigenvalue weighted by atomic mass is 16.3. The summed E-state index contributed by atoms with van der Waals surface area (Å²) in [6.45, 7) is 4.21. The summed E-state index contributed by atoms with van der Waals surface area (Å²) in [6, 6.07) is -0.625. The Hall–Kier alpha value is -1.39. The third-order valence-corrected chi connectivity index (χ3v) is 7.10. The zero-order chi connectivity index (χ0) is 27.9. The van der Waals surface area contributed by atoms with Crippen molar-refractivity contribution in [3.8, 4) is 0 Å². The maximum absolute atomic E-state index is 12.2. The highest BCUT2D eigenvalue weighted by Crippen LogP contribution is 2.12. The number of rotatable bonds is 28. The van der Waals surface area contributed by atoms with E-state index in [9.17, 15) is 15.0 Å². The van der Waals surface area contributed by atoms with Gasteiger partial charge in [0, 0.05) is 6.42 Å². The van der Waals surface area contributed by atoms with Crippen molar-refractivity contribution < 1.29 is 15.0 Å². The maximum atomic E-state index is 12.2. The van der Waals surface area contributed by atoms with Gasteiger partial charge in [-0.15, -0.1) is 0 Å². The number of nitrogens with one attached hydrogen (secondary N) is 1. The lowest BCUT2D eigenvalue weighted by Gasteiger charge is -2.20. The molecule has 1 amide bonds. The molecule has 38 heavy (non-hydrogen) atoms. The van der Waals surface area contributed by atoms with Crippen LogP contribution in [-0.2, 0) is 4.79 Å². The molecule has 0 aromatic rings. The van der Waals surface area contributed by atoms with Crippen LogP contribution in [0.5, 0.6) is 0 Å². The Morgan fingerprint density at radius 2 is 1.13 bits per heavy atom. The quantitative estimate of drug-likeness (QED) is 0.0693. The maximum Gasteiger partial charge on any atom is 0.220 e. The summed E-state index contributed by atoms with van der Waals surface area (Å²) < 4.78 is 0. The van der Waals surface area contributed by atoms with Gasteiger partial charge in [-0.1, -0.05) is 140 Å². The molecule has 0 aliphatic carbocycles. The van der Waals surface area contributed by atoms with Crippen molar-refractivity contribution in [1.29, 1.82) is 0 Å². The lowest BCUT2D eigenvalue weighted by molar-refractivity contribution is -0.123. The largest absolute Gasteiger partial charge is 0.394 e. The molecule has 0 rings (SSSR count). The van der Waals surface area contributed by atoms with Crippen LogP contribution in [0.25, 0.3) is 0 Å². The highest BCUT2D eigenvalue weighted by molar-refractivity contribution is 5.76. The second kappa shape index (κ2) is 30.2. The minimum Gasteiger partial charge on any atom is -0.394 e. The summed E-state index contributed by atoms with van der Waals surface area (Å²) in [4.78, 5) is 12.2. The Balaban J connectivity index is 3.71. The third kappa shape index (κ3) is 26.2. The molecule has 0 saturated carbocycles. The smallest absolute Gasteiger partial charge is 0.220 e. The van der Waals surface area contributed by atoms with Gasteiger partial charge in [-0.25, -0.2) is 0 Å². The van der Waals surface area contributed by atoms with Crippen LogP contribution in [-0.4, -0.2) is 34.9 Å². The van der Waals surface area contributed by atoms with Crippen molar-refractivity contribution in [3.05, 3.63) is 36.5 Å². The summed E-state index contributed by atoms with van der Waals surface area (Å²) in [6.07, 6.45) is 37.8. The molecule has 222 valence electrons. The number of carbonyl (C=O) groups is 1. The molecule has 0 aliphatic heterocycles. The summed E-state index contributed by atoms with van der Waals surface area (Å²) in [5.41, 5.74) is 0. The van der Waals surface area contributed by atoms with Crippen molar-refractivity contribution in [2.75, 3.05) is 6.61 Å². The Kier molecular flexibility index (Phi) is 29.1. The molecule has 3 N–H and O–H groups in total. The fourth-order valence-electron chi connectivity index (χ4n) is 4.57. The Morgan fingerprint density at radius 1 is 0.632 bits per heavy atom. The fraction of sp³-hybridized carbons (Fsp3) is 0.794. The van der Waals surface area contributed by atoms with Gasteiger partial charge in [-0.2, -0.15) is 0 Å². The van der Waals surface area contributed by atoms with Gasteiger partial charge in [0.25, 0.3) is 0 Å². The molecular formula is C34H63NO3. The topological polar surface area (TPSA) is 69.6 Å². The molecule has 2 unspecified atom stereocenters. The number of aliphatic hydroxyl groups excluding tert-OH is 2. The van der Waals surface area contributed by atoms with Gasteiger partial charge in [0.05, 0.1) is 18.8 Å². The lowest BCUT2D eigenvalue weighted by atomic mass is 10.0. The first-order chi connectivity index (χ1) is 18.7. The van der Waals surface area contributed by atoms with E-state index in [2.05, 4.69) is 43.5 Å². The van der Waals surface area contributed by atoms with E-state index in [0.717, 1.165) is 44.9 Å². The molecule has 0 aromatic heterocycles. The summed E-state index contributed by atoms with van der Waals surface area (Å²) in [5.74, 6) is -0.0825. The minimum atomic E-state index is -0.841. The molecule has 0 radical (unpaired) electrons. The van der Waals surface area contributed by atoms with Crippen LogP contribution in [0.2, 0.25) is 0 Å². The average molecular weight is 534 g/mol. The summed E-state index contributed by atoms with van der Waals surface area (Å²) >= 11 is 0. The van der Waals surface area contributed by atoms with Crippen LogP contribution in [0.1, 0.15) is 155 Å². The lowest BCUT2D eigenvalue weighted by Crippen LogP contribution is -2.45. The molecular weight excluding hydrogens is 470 g/mol. The Labute approximate surface area is 236 Å². The molecule has 4 nitrogen and oxygen atoms in total. The number of hydrogen-bond donors (Lipinski definition) is 3. The first kappa shape index (κ1) is 36.6. The molecule has 4 heteroatoms. The van der Waals surface area contributed by atoms with Crippen molar-refractivity contribution in [2.45, 2.75) is 167 Å². The summed E-state index contributed by atoms with van der Waals surface area (Å²) in [5, 5.41) is 22.8. The monoisotopic (exact) mass is 533 g/mol. The van der Waals surface area contributed by atoms with E-state index in [0.29, 0.717) is 6.42 Å². The van der Waals surface area contributed by atoms with Crippen LogP contribution in [0.4, 0.5) is 0 Å². The van der Waals surface area contributed by atoms with Crippen molar-refractivity contribution in [2.24, 2.45) is 0 Å². The molecule has 0 aromatic carbocycles. The van der Waals surface area contributed by atoms with E-state index in [1.54, 1.807) is 6.08 Å². The number of allylic oxidation sites excluding steroid dienone is 5. The fourth-order valence-corrected chi connectivity index (χ4v) is 4.57. The van der Waals surface area contributed by atoms with Gasteiger partial charge in [-0.05, 0) is 44.9 Å². The molecule has 0 saturated heterocycles. The second-order valence-corrected chi connectivity index (χ2v) is 10.9. The molecule has 0 fully saturated rings. The number of amides is 1. The van der Waals surface area contributed by atoms with E-state index >= 15 is 0 Å². The first-order valence-electron chi connectivity index (χ1n) is 16.2. The van der Waals surface area contributed by atoms with Crippen molar-refractivity contribution in [1.82, 2.24) is 5.32 Å². The molecule has 0 spiro atoms. The Bertz CT molecular complexity index is 584. The van der Waals surface area contributed by atoms with E-state index in [1.165, 1.54) is 89.9 Å². The number of hydrogen-bond acceptors (Lipinski definition) is 3. The predicted molar refractivity (Wildman–Crippen MR) is 165 cm³/mol. The van der Waals surface area contributed by atoms with Gasteiger partial charge in [0.1, 0.15) is 0 Å². The van der Waals surface area contributed by atoms with Crippen LogP contribution in [0.3, 0.4) is 0 Å². The van der Waals surface area contributed by atoms with Crippen LogP contribution < -0.4 is 5.32 Å². The van der Waals surface area contributed by atoms with Crippen LogP contribution >= 0.6 is 0 Å². The third-order valence-electron chi connectivity index (χ3n) is 7.10. The van der Waals surface area contributed by atoms with Gasteiger partial charge in [0.2, 0.25) is 5.91 Å². The molecule has 2 atom stereocenters. The SMILES string of the molecule is CCC/C=C\C/C=C\CCCCCCCC(=O)NC(CO)C(O)/C=C/CCCCCCCCCCCCC. The predicted octanol–water partition coefficient (Wildman–Crippen LogP) is 9.12. The standard InChI is InChI=1S/C34H63NO3/c1-3-5-7-9-11-13-15-17-19-21-23-25-27-29-33(37)32(31-36)35-34(38)30-28-26-24-22-20-18-16-14-12-10-8-6-4-2/h8,10,14,16,27,29,32-33,36-37H,3-7,9,11-13,15,17-26,28,30-31H2,1-2H3,(H,35,38)/b10-8-,16-14-,29-27+. The van der Waals surface area contributed by atoms with E-state index in [1.807, 2.05) is 6.08 Å². The van der Waals surface area contributed by atoms with Gasteiger partial charge in [-0.3, -0.25) is 4.79 Å². The van der Waals surface area contributed by atoms with Gasteiger partial charge in [0.15, 0.2) is 0 Å². The molecule has 0 heterocycles. The normalized spacial score (nSPS) is 13.7. The second-order valence-electron chi connectivity index (χ2n) is 10.9. The van der Waals surface area contributed by atoms with E-state index in [4.69, 9.17) is 0 Å². The number of unbranched alkanes of at least 4 members (excludes halogenated alkanes) is 17. The zero-order valence-corrected chi connectivity index (χ0v) is 25.2. The molecule has 0 bridgehead atoms. The first-order valence-corrected chi connectivity index (χ1v) is 16.2. The molecule has 0 aliphatic rings. The van der Waals surface area contributed by atoms with E-state index < -0.39 is 12.1 Å². The van der Waals surface area contributed by atoms with E-state index in [-0.39, 0.29) is 12.5 Å². The number of aliphatic hydroxyl groups is 2. The van der Waals surface area contributed by atoms with Crippen LogP contribution in [0.15, 0.2) is 36.5 Å². The summed E-state index contributed by atoms with van der Waals surface area (Å²) in [7, 11) is 0. The average Bonchev–Trinajstić information content (AvgIpc) is 2.92.